The van der Waals surface area contributed by atoms with E-state index in [4.69, 9.17) is 10.7 Å². The first-order chi connectivity index (χ1) is 12.5. The molecule has 0 radical (unpaired) electrons. The molecular weight excluding hydrogens is 316 g/mol. The molecule has 0 amide bonds. The maximum Gasteiger partial charge on any atom is 0.0943 e. The summed E-state index contributed by atoms with van der Waals surface area (Å²) >= 11 is 0. The molecule has 2 nitrogen and oxygen atoms in total. The minimum Gasteiger partial charge on any atom is -0.387 e. The molecule has 1 aliphatic carbocycles. The van der Waals surface area contributed by atoms with E-state index in [-0.39, 0.29) is 0 Å². The summed E-state index contributed by atoms with van der Waals surface area (Å²) in [4.78, 5) is 4.85. The van der Waals surface area contributed by atoms with Crippen LogP contribution in [0.1, 0.15) is 111 Å². The lowest BCUT2D eigenvalue weighted by Crippen LogP contribution is -2.32. The van der Waals surface area contributed by atoms with Gasteiger partial charge in [0.1, 0.15) is 0 Å². The van der Waals surface area contributed by atoms with E-state index in [2.05, 4.69) is 27.7 Å². The number of nitrogens with zero attached hydrogens (tertiary/aromatic N) is 1. The Morgan fingerprint density at radius 1 is 0.885 bits per heavy atom. The van der Waals surface area contributed by atoms with Gasteiger partial charge in [0.15, 0.2) is 0 Å². The fraction of sp³-hybridized carbons (Fsp3) is 0.958. The van der Waals surface area contributed by atoms with Crippen LogP contribution >= 0.6 is 0 Å². The number of hydrogen-bond acceptors (Lipinski definition) is 2. The molecular formula is C24H46N2. The van der Waals surface area contributed by atoms with E-state index in [1.165, 1.54) is 77.0 Å². The maximum absolute atomic E-state index is 6.45. The van der Waals surface area contributed by atoms with Crippen molar-refractivity contribution in [1.82, 2.24) is 0 Å². The van der Waals surface area contributed by atoms with Gasteiger partial charge in [-0.1, -0.05) is 85.0 Å². The summed E-state index contributed by atoms with van der Waals surface area (Å²) in [6, 6.07) is 0.406. The second-order valence-electron chi connectivity index (χ2n) is 9.78. The minimum atomic E-state index is 0.406. The monoisotopic (exact) mass is 362 g/mol. The van der Waals surface area contributed by atoms with Gasteiger partial charge in [0.2, 0.25) is 0 Å². The zero-order valence-corrected chi connectivity index (χ0v) is 18.2. The Balaban J connectivity index is 2.18. The summed E-state index contributed by atoms with van der Waals surface area (Å²) in [6.07, 6.45) is 17.8. The Kier molecular flexibility index (Phi) is 9.50. The van der Waals surface area contributed by atoms with Crippen LogP contribution < -0.4 is 5.73 Å². The fourth-order valence-electron chi connectivity index (χ4n) is 5.83. The van der Waals surface area contributed by atoms with Crippen molar-refractivity contribution in [3.05, 3.63) is 0 Å². The molecule has 1 saturated carbocycles. The summed E-state index contributed by atoms with van der Waals surface area (Å²) in [5, 5.41) is 0. The highest BCUT2D eigenvalue weighted by atomic mass is 14.9. The third-order valence-corrected chi connectivity index (χ3v) is 7.43. The first-order valence-corrected chi connectivity index (χ1v) is 11.8. The molecule has 0 saturated heterocycles. The standard InChI is InChI=1S/C24H46N2/c1-5-23(20-13-9-7-6-8-10-14-20)22-16-21(18(2)3)15-11-12-19(4)26-24(25)17-22/h18-23H,5-17H2,1-4H3,(H2,25,26). The van der Waals surface area contributed by atoms with Crippen molar-refractivity contribution in [1.29, 1.82) is 0 Å². The molecule has 0 bridgehead atoms. The third-order valence-electron chi connectivity index (χ3n) is 7.43. The van der Waals surface area contributed by atoms with Gasteiger partial charge in [-0.05, 0) is 49.4 Å². The van der Waals surface area contributed by atoms with Gasteiger partial charge in [-0.3, -0.25) is 4.99 Å². The van der Waals surface area contributed by atoms with Gasteiger partial charge >= 0.3 is 0 Å². The molecule has 0 spiro atoms. The number of hydrogen-bond donors (Lipinski definition) is 1. The van der Waals surface area contributed by atoms with Gasteiger partial charge < -0.3 is 5.73 Å². The molecule has 2 heteroatoms. The van der Waals surface area contributed by atoms with Crippen LogP contribution in [0.4, 0.5) is 0 Å². The molecule has 0 aromatic carbocycles. The van der Waals surface area contributed by atoms with E-state index in [0.29, 0.717) is 6.04 Å². The topological polar surface area (TPSA) is 38.4 Å². The molecule has 1 fully saturated rings. The highest BCUT2D eigenvalue weighted by Crippen LogP contribution is 2.40. The van der Waals surface area contributed by atoms with Gasteiger partial charge in [-0.15, -0.1) is 0 Å². The quantitative estimate of drug-likeness (QED) is 0.576. The fourth-order valence-corrected chi connectivity index (χ4v) is 5.83. The van der Waals surface area contributed by atoms with Crippen molar-refractivity contribution >= 4 is 5.84 Å². The van der Waals surface area contributed by atoms with E-state index >= 15 is 0 Å². The van der Waals surface area contributed by atoms with Crippen molar-refractivity contribution in [3.63, 3.8) is 0 Å². The summed E-state index contributed by atoms with van der Waals surface area (Å²) in [7, 11) is 0. The lowest BCUT2D eigenvalue weighted by atomic mass is 9.68. The Morgan fingerprint density at radius 2 is 1.50 bits per heavy atom. The number of aliphatic imine (C=N–C) groups is 1. The van der Waals surface area contributed by atoms with Crippen molar-refractivity contribution < 1.29 is 0 Å². The van der Waals surface area contributed by atoms with E-state index in [9.17, 15) is 0 Å². The molecule has 2 rings (SSSR count). The summed E-state index contributed by atoms with van der Waals surface area (Å²) in [5.74, 6) is 5.10. The molecule has 26 heavy (non-hydrogen) atoms. The van der Waals surface area contributed by atoms with Crippen LogP contribution in [0, 0.1) is 29.6 Å². The lowest BCUT2D eigenvalue weighted by molar-refractivity contribution is 0.145. The van der Waals surface area contributed by atoms with E-state index in [0.717, 1.165) is 41.8 Å². The molecule has 2 aliphatic rings. The lowest BCUT2D eigenvalue weighted by Gasteiger charge is -2.37. The van der Waals surface area contributed by atoms with E-state index in [1.54, 1.807) is 0 Å². The second-order valence-corrected chi connectivity index (χ2v) is 9.78. The average Bonchev–Trinajstić information content (AvgIpc) is 2.55. The second kappa shape index (κ2) is 11.3. The number of rotatable bonds is 4. The van der Waals surface area contributed by atoms with Crippen LogP contribution in [0.25, 0.3) is 0 Å². The van der Waals surface area contributed by atoms with Crippen LogP contribution in [0.2, 0.25) is 0 Å². The van der Waals surface area contributed by atoms with Crippen LogP contribution in [0.5, 0.6) is 0 Å². The van der Waals surface area contributed by atoms with Crippen LogP contribution in [0.3, 0.4) is 0 Å². The maximum atomic E-state index is 6.45. The van der Waals surface area contributed by atoms with E-state index < -0.39 is 0 Å². The van der Waals surface area contributed by atoms with Gasteiger partial charge in [0.25, 0.3) is 0 Å². The van der Waals surface area contributed by atoms with Gasteiger partial charge in [-0.25, -0.2) is 0 Å². The highest BCUT2D eigenvalue weighted by Gasteiger charge is 2.32. The largest absolute Gasteiger partial charge is 0.387 e. The molecule has 152 valence electrons. The SMILES string of the molecule is CCC(C1CCCCCCC1)C1CC(N)=NC(C)CCCC(C(C)C)C1. The normalized spacial score (nSPS) is 31.7. The minimum absolute atomic E-state index is 0.406. The van der Waals surface area contributed by atoms with Crippen molar-refractivity contribution in [2.45, 2.75) is 117 Å². The molecule has 4 unspecified atom stereocenters. The number of nitrogens with two attached hydrogens (primary N) is 1. The molecule has 4 atom stereocenters. The van der Waals surface area contributed by atoms with Crippen molar-refractivity contribution in [3.8, 4) is 0 Å². The van der Waals surface area contributed by atoms with Gasteiger partial charge in [0, 0.05) is 12.5 Å². The van der Waals surface area contributed by atoms with Crippen LogP contribution in [-0.2, 0) is 0 Å². The molecule has 1 heterocycles. The molecule has 2 N–H and O–H groups in total. The van der Waals surface area contributed by atoms with Gasteiger partial charge in [0.05, 0.1) is 5.84 Å². The first kappa shape index (κ1) is 21.8. The number of amidine groups is 1. The smallest absolute Gasteiger partial charge is 0.0943 e. The zero-order chi connectivity index (χ0) is 18.9. The van der Waals surface area contributed by atoms with Crippen LogP contribution in [0.15, 0.2) is 4.99 Å². The van der Waals surface area contributed by atoms with Crippen molar-refractivity contribution in [2.75, 3.05) is 0 Å². The van der Waals surface area contributed by atoms with Gasteiger partial charge in [-0.2, -0.15) is 0 Å². The van der Waals surface area contributed by atoms with Crippen molar-refractivity contribution in [2.24, 2.45) is 40.3 Å². The highest BCUT2D eigenvalue weighted by molar-refractivity contribution is 5.80. The summed E-state index contributed by atoms with van der Waals surface area (Å²) in [6.45, 7) is 9.55. The van der Waals surface area contributed by atoms with E-state index in [1.807, 2.05) is 0 Å². The summed E-state index contributed by atoms with van der Waals surface area (Å²) < 4.78 is 0. The first-order valence-electron chi connectivity index (χ1n) is 11.8. The Bertz CT molecular complexity index is 406. The molecule has 0 aromatic heterocycles. The predicted octanol–water partition coefficient (Wildman–Crippen LogP) is 6.97. The average molecular weight is 363 g/mol. The zero-order valence-electron chi connectivity index (χ0n) is 18.2. The van der Waals surface area contributed by atoms with Crippen LogP contribution in [-0.4, -0.2) is 11.9 Å². The Morgan fingerprint density at radius 3 is 2.12 bits per heavy atom. The third kappa shape index (κ3) is 6.89. The molecule has 0 aromatic rings. The molecule has 1 aliphatic heterocycles. The Labute approximate surface area is 163 Å². The predicted molar refractivity (Wildman–Crippen MR) is 116 cm³/mol. The summed E-state index contributed by atoms with van der Waals surface area (Å²) in [5.41, 5.74) is 6.45. The Hall–Kier alpha value is -0.530.